The predicted octanol–water partition coefficient (Wildman–Crippen LogP) is 1.16. The predicted molar refractivity (Wildman–Crippen MR) is 96.4 cm³/mol. The summed E-state index contributed by atoms with van der Waals surface area (Å²) in [5.74, 6) is -2.57. The molecule has 1 heterocycles. The van der Waals surface area contributed by atoms with Crippen LogP contribution in [0.3, 0.4) is 0 Å². The molecule has 1 aliphatic heterocycles. The molecule has 0 aromatic carbocycles. The minimum Gasteiger partial charge on any atom is -0.458 e. The van der Waals surface area contributed by atoms with Crippen LogP contribution in [0.1, 0.15) is 27.2 Å². The highest BCUT2D eigenvalue weighted by Crippen LogP contribution is 2.37. The second kappa shape index (κ2) is 8.02. The van der Waals surface area contributed by atoms with E-state index in [9.17, 15) is 24.6 Å². The van der Waals surface area contributed by atoms with Crippen molar-refractivity contribution in [1.29, 1.82) is 0 Å². The third-order valence-corrected chi connectivity index (χ3v) is 4.74. The zero-order chi connectivity index (χ0) is 20.4. The highest BCUT2D eigenvalue weighted by Gasteiger charge is 2.46. The fourth-order valence-corrected chi connectivity index (χ4v) is 3.02. The Balaban J connectivity index is 2.53. The molecular formula is C20H24O7. The molecule has 146 valence electrons. The molecule has 0 spiro atoms. The Labute approximate surface area is 157 Å². The van der Waals surface area contributed by atoms with Gasteiger partial charge < -0.3 is 19.7 Å². The Morgan fingerprint density at radius 3 is 2.74 bits per heavy atom. The lowest BCUT2D eigenvalue weighted by Crippen LogP contribution is -2.40. The summed E-state index contributed by atoms with van der Waals surface area (Å²) in [7, 11) is 0. The number of esters is 2. The van der Waals surface area contributed by atoms with Gasteiger partial charge in [-0.15, -0.1) is 0 Å². The summed E-state index contributed by atoms with van der Waals surface area (Å²) in [4.78, 5) is 36.6. The van der Waals surface area contributed by atoms with Crippen molar-refractivity contribution in [1.82, 2.24) is 0 Å². The summed E-state index contributed by atoms with van der Waals surface area (Å²) >= 11 is 0. The van der Waals surface area contributed by atoms with Gasteiger partial charge in [0.15, 0.2) is 5.78 Å². The zero-order valence-electron chi connectivity index (χ0n) is 15.6. The van der Waals surface area contributed by atoms with Gasteiger partial charge in [0, 0.05) is 23.1 Å². The lowest BCUT2D eigenvalue weighted by atomic mass is 9.82. The van der Waals surface area contributed by atoms with Crippen LogP contribution in [0.5, 0.6) is 0 Å². The second-order valence-electron chi connectivity index (χ2n) is 6.95. The molecule has 2 N–H and O–H groups in total. The maximum Gasteiger partial charge on any atom is 0.334 e. The molecule has 1 aliphatic carbocycles. The van der Waals surface area contributed by atoms with Gasteiger partial charge in [0.1, 0.15) is 12.2 Å². The molecule has 2 rings (SSSR count). The van der Waals surface area contributed by atoms with E-state index in [-0.39, 0.29) is 17.6 Å². The molecule has 0 aromatic heterocycles. The van der Waals surface area contributed by atoms with Gasteiger partial charge in [0.25, 0.3) is 0 Å². The average molecular weight is 376 g/mol. The molecule has 0 bridgehead atoms. The van der Waals surface area contributed by atoms with Crippen LogP contribution in [0.25, 0.3) is 0 Å². The van der Waals surface area contributed by atoms with Crippen molar-refractivity contribution >= 4 is 17.7 Å². The lowest BCUT2D eigenvalue weighted by molar-refractivity contribution is -0.150. The van der Waals surface area contributed by atoms with Gasteiger partial charge >= 0.3 is 11.9 Å². The van der Waals surface area contributed by atoms with Gasteiger partial charge in [0.05, 0.1) is 18.1 Å². The van der Waals surface area contributed by atoms with Crippen molar-refractivity contribution in [2.24, 2.45) is 5.92 Å². The Hall–Kier alpha value is -2.51. The fourth-order valence-electron chi connectivity index (χ4n) is 3.02. The molecule has 0 amide bonds. The molecule has 0 saturated carbocycles. The van der Waals surface area contributed by atoms with E-state index in [1.165, 1.54) is 19.1 Å². The van der Waals surface area contributed by atoms with Crippen LogP contribution >= 0.6 is 0 Å². The standard InChI is InChI=1S/C20H24O7/c1-5-11(2)18(23)27-16-9-20(4,25)7-6-14(22)13(10-21)8-15-17(16)12(3)19(24)26-15/h5-8,15-17,21,25H,3,9-10H2,1-2,4H3/b7-6+,11-5-,13-8-/t15-,16-,17+,20+/m1/s1. The van der Waals surface area contributed by atoms with Crippen LogP contribution < -0.4 is 0 Å². The van der Waals surface area contributed by atoms with Crippen molar-refractivity contribution < 1.29 is 34.1 Å². The Bertz CT molecular complexity index is 754. The van der Waals surface area contributed by atoms with Crippen molar-refractivity contribution in [3.05, 3.63) is 47.6 Å². The highest BCUT2D eigenvalue weighted by molar-refractivity contribution is 6.04. The minimum absolute atomic E-state index is 0.0103. The number of rotatable bonds is 3. The Morgan fingerprint density at radius 1 is 1.48 bits per heavy atom. The number of ketones is 1. The minimum atomic E-state index is -1.50. The van der Waals surface area contributed by atoms with E-state index in [0.29, 0.717) is 5.57 Å². The largest absolute Gasteiger partial charge is 0.458 e. The number of aliphatic hydroxyl groups excluding tert-OH is 1. The van der Waals surface area contributed by atoms with Crippen molar-refractivity contribution in [2.45, 2.75) is 45.0 Å². The summed E-state index contributed by atoms with van der Waals surface area (Å²) in [6, 6.07) is 0. The quantitative estimate of drug-likeness (QED) is 0.562. The number of hydrogen-bond acceptors (Lipinski definition) is 7. The number of ether oxygens (including phenoxy) is 2. The third kappa shape index (κ3) is 4.61. The Morgan fingerprint density at radius 2 is 2.15 bits per heavy atom. The summed E-state index contributed by atoms with van der Waals surface area (Å²) in [5.41, 5.74) is -1.04. The van der Waals surface area contributed by atoms with E-state index >= 15 is 0 Å². The summed E-state index contributed by atoms with van der Waals surface area (Å²) < 4.78 is 10.8. The van der Waals surface area contributed by atoms with Crippen molar-refractivity contribution in [3.63, 3.8) is 0 Å². The normalized spacial score (nSPS) is 35.0. The van der Waals surface area contributed by atoms with Crippen LogP contribution in [0.15, 0.2) is 47.6 Å². The van der Waals surface area contributed by atoms with Crippen LogP contribution in [0.2, 0.25) is 0 Å². The summed E-state index contributed by atoms with van der Waals surface area (Å²) in [5, 5.41) is 20.1. The van der Waals surface area contributed by atoms with E-state index < -0.39 is 48.1 Å². The van der Waals surface area contributed by atoms with Gasteiger partial charge in [-0.3, -0.25) is 4.79 Å². The van der Waals surface area contributed by atoms with Crippen LogP contribution in [0.4, 0.5) is 0 Å². The summed E-state index contributed by atoms with van der Waals surface area (Å²) in [6.07, 6.45) is 3.41. The first-order chi connectivity index (χ1) is 12.6. The number of fused-ring (bicyclic) bond motifs is 1. The number of carbonyl (C=O) groups is 3. The van der Waals surface area contributed by atoms with Crippen molar-refractivity contribution in [3.8, 4) is 0 Å². The van der Waals surface area contributed by atoms with E-state index in [0.717, 1.165) is 6.08 Å². The van der Waals surface area contributed by atoms with E-state index in [4.69, 9.17) is 9.47 Å². The average Bonchev–Trinajstić information content (AvgIpc) is 2.89. The van der Waals surface area contributed by atoms with Crippen LogP contribution in [-0.2, 0) is 23.9 Å². The number of hydrogen-bond donors (Lipinski definition) is 2. The molecule has 7 nitrogen and oxygen atoms in total. The molecule has 27 heavy (non-hydrogen) atoms. The first kappa shape index (κ1) is 20.8. The molecule has 4 atom stereocenters. The summed E-state index contributed by atoms with van der Waals surface area (Å²) in [6.45, 7) is 7.90. The second-order valence-corrected chi connectivity index (χ2v) is 6.95. The van der Waals surface area contributed by atoms with Gasteiger partial charge in [-0.2, -0.15) is 0 Å². The lowest BCUT2D eigenvalue weighted by Gasteiger charge is -2.31. The molecule has 0 radical (unpaired) electrons. The molecule has 7 heteroatoms. The molecule has 0 aromatic rings. The molecule has 2 aliphatic rings. The van der Waals surface area contributed by atoms with Crippen molar-refractivity contribution in [2.75, 3.05) is 6.61 Å². The zero-order valence-corrected chi connectivity index (χ0v) is 15.6. The smallest absolute Gasteiger partial charge is 0.334 e. The first-order valence-corrected chi connectivity index (χ1v) is 8.60. The third-order valence-electron chi connectivity index (χ3n) is 4.74. The van der Waals surface area contributed by atoms with Crippen LogP contribution in [0, 0.1) is 5.92 Å². The first-order valence-electron chi connectivity index (χ1n) is 8.60. The monoisotopic (exact) mass is 376 g/mol. The van der Waals surface area contributed by atoms with Gasteiger partial charge in [0.2, 0.25) is 0 Å². The van der Waals surface area contributed by atoms with Gasteiger partial charge in [-0.1, -0.05) is 12.7 Å². The fraction of sp³-hybridized carbons (Fsp3) is 0.450. The van der Waals surface area contributed by atoms with Crippen LogP contribution in [-0.4, -0.2) is 52.4 Å². The number of carbonyl (C=O) groups excluding carboxylic acids is 3. The molecule has 0 unspecified atom stereocenters. The van der Waals surface area contributed by atoms with E-state index in [2.05, 4.69) is 6.58 Å². The number of aliphatic hydroxyl groups is 2. The van der Waals surface area contributed by atoms with Gasteiger partial charge in [-0.25, -0.2) is 9.59 Å². The maximum absolute atomic E-state index is 12.3. The number of allylic oxidation sites excluding steroid dienone is 2. The SMILES string of the molecule is C=C1C(=O)O[C@@H]2/C=C(/CO)C(=O)/C=C/[C@](C)(O)C[C@@H](OC(=O)/C(C)=C\C)[C@@H]12. The maximum atomic E-state index is 12.3. The van der Waals surface area contributed by atoms with Gasteiger partial charge in [-0.05, 0) is 39.0 Å². The topological polar surface area (TPSA) is 110 Å². The molecule has 1 saturated heterocycles. The molecular weight excluding hydrogens is 352 g/mol. The Kier molecular flexibility index (Phi) is 6.18. The van der Waals surface area contributed by atoms with E-state index in [1.807, 2.05) is 0 Å². The molecule has 1 fully saturated rings. The van der Waals surface area contributed by atoms with E-state index in [1.54, 1.807) is 19.9 Å². The highest BCUT2D eigenvalue weighted by atomic mass is 16.6.